The van der Waals surface area contributed by atoms with E-state index in [0.29, 0.717) is 0 Å². The zero-order valence-corrected chi connectivity index (χ0v) is 8.81. The van der Waals surface area contributed by atoms with E-state index in [2.05, 4.69) is 49.1 Å². The molecule has 0 aromatic carbocycles. The van der Waals surface area contributed by atoms with Crippen LogP contribution in [0.15, 0.2) is 0 Å². The van der Waals surface area contributed by atoms with E-state index >= 15 is 0 Å². The van der Waals surface area contributed by atoms with Crippen molar-refractivity contribution in [1.29, 1.82) is 0 Å². The maximum atomic E-state index is 3.48. The second-order valence-corrected chi connectivity index (χ2v) is 11.7. The molecule has 0 fully saturated rings. The maximum absolute atomic E-state index is 3.48. The van der Waals surface area contributed by atoms with E-state index in [0.717, 1.165) is 6.54 Å². The lowest BCUT2D eigenvalue weighted by Gasteiger charge is -2.12. The molecule has 0 aromatic rings. The van der Waals surface area contributed by atoms with Crippen molar-refractivity contribution >= 4 is 36.8 Å². The van der Waals surface area contributed by atoms with Crippen molar-refractivity contribution in [3.63, 3.8) is 0 Å². The first-order valence-corrected chi connectivity index (χ1v) is 9.05. The van der Waals surface area contributed by atoms with E-state index in [9.17, 15) is 0 Å². The van der Waals surface area contributed by atoms with Gasteiger partial charge in [-0.2, -0.15) is 0 Å². The zero-order valence-electron chi connectivity index (χ0n) is 4.49. The molecule has 0 bridgehead atoms. The van der Waals surface area contributed by atoms with Gasteiger partial charge in [-0.05, 0) is 13.6 Å². The SMILES string of the molecule is CCN(C)[SiH](Br)Br. The highest BCUT2D eigenvalue weighted by atomic mass is 79.9. The predicted octanol–water partition coefficient (Wildman–Crippen LogP) is 1.45. The Labute approximate surface area is 61.9 Å². The van der Waals surface area contributed by atoms with Gasteiger partial charge in [0, 0.05) is 0 Å². The highest BCUT2D eigenvalue weighted by Gasteiger charge is 2.03. The Balaban J connectivity index is 3.14. The van der Waals surface area contributed by atoms with Crippen LogP contribution in [0.25, 0.3) is 0 Å². The highest BCUT2D eigenvalue weighted by Crippen LogP contribution is 2.04. The highest BCUT2D eigenvalue weighted by molar-refractivity contribution is 9.48. The van der Waals surface area contributed by atoms with Crippen LogP contribution in [0.3, 0.4) is 0 Å². The molecule has 0 unspecified atom stereocenters. The Morgan fingerprint density at radius 2 is 2.00 bits per heavy atom. The number of rotatable bonds is 2. The van der Waals surface area contributed by atoms with E-state index in [1.54, 1.807) is 0 Å². The molecule has 44 valence electrons. The minimum atomic E-state index is -0.806. The summed E-state index contributed by atoms with van der Waals surface area (Å²) in [4.78, 5) is 0. The molecule has 0 radical (unpaired) electrons. The summed E-state index contributed by atoms with van der Waals surface area (Å²) in [5, 5.41) is 0. The summed E-state index contributed by atoms with van der Waals surface area (Å²) < 4.78 is 2.26. The summed E-state index contributed by atoms with van der Waals surface area (Å²) >= 11 is 6.96. The number of hydrogen-bond acceptors (Lipinski definition) is 1. The lowest BCUT2D eigenvalue weighted by Crippen LogP contribution is -2.24. The Hall–Kier alpha value is 1.14. The smallest absolute Gasteiger partial charge is 0.257 e. The van der Waals surface area contributed by atoms with E-state index < -0.39 is 6.20 Å². The average Bonchev–Trinajstić information content (AvgIpc) is 1.65. The minimum Gasteiger partial charge on any atom is -0.312 e. The Morgan fingerprint density at radius 3 is 2.00 bits per heavy atom. The van der Waals surface area contributed by atoms with Gasteiger partial charge in [-0.15, -0.1) is 0 Å². The summed E-state index contributed by atoms with van der Waals surface area (Å²) in [6.45, 7) is 3.26. The van der Waals surface area contributed by atoms with Gasteiger partial charge in [-0.25, -0.2) is 0 Å². The molecule has 0 rings (SSSR count). The molecule has 0 aliphatic heterocycles. The lowest BCUT2D eigenvalue weighted by atomic mass is 10.8. The van der Waals surface area contributed by atoms with Gasteiger partial charge in [0.05, 0.1) is 0 Å². The largest absolute Gasteiger partial charge is 0.312 e. The van der Waals surface area contributed by atoms with E-state index in [4.69, 9.17) is 0 Å². The van der Waals surface area contributed by atoms with Crippen LogP contribution in [-0.4, -0.2) is 24.4 Å². The van der Waals surface area contributed by atoms with Gasteiger partial charge in [-0.3, -0.25) is 0 Å². The summed E-state index contributed by atoms with van der Waals surface area (Å²) in [5.74, 6) is 0. The van der Waals surface area contributed by atoms with Crippen molar-refractivity contribution in [2.75, 3.05) is 13.6 Å². The molecule has 0 saturated carbocycles. The molecular weight excluding hydrogens is 238 g/mol. The third kappa shape index (κ3) is 3.70. The molecule has 0 aromatic heterocycles. The van der Waals surface area contributed by atoms with Crippen LogP contribution >= 0.6 is 30.6 Å². The standard InChI is InChI=1S/C3H9Br2NSi/c1-3-6(2)7(4)5/h7H,3H2,1-2H3. The molecule has 7 heavy (non-hydrogen) atoms. The first-order valence-electron chi connectivity index (χ1n) is 2.17. The molecule has 0 N–H and O–H groups in total. The molecule has 0 aliphatic carbocycles. The van der Waals surface area contributed by atoms with Gasteiger partial charge >= 0.3 is 0 Å². The van der Waals surface area contributed by atoms with Gasteiger partial charge in [0.15, 0.2) is 0 Å². The van der Waals surface area contributed by atoms with Crippen molar-refractivity contribution in [3.05, 3.63) is 0 Å². The third-order valence-corrected chi connectivity index (χ3v) is 6.06. The molecule has 1 nitrogen and oxygen atoms in total. The molecule has 0 heterocycles. The molecule has 0 amide bonds. The second-order valence-electron chi connectivity index (χ2n) is 1.35. The van der Waals surface area contributed by atoms with Crippen LogP contribution in [0, 0.1) is 0 Å². The van der Waals surface area contributed by atoms with Crippen LogP contribution in [-0.2, 0) is 0 Å². The third-order valence-electron chi connectivity index (χ3n) is 0.832. The van der Waals surface area contributed by atoms with Crippen molar-refractivity contribution in [2.45, 2.75) is 6.92 Å². The Kier molecular flexibility index (Phi) is 4.72. The van der Waals surface area contributed by atoms with Crippen molar-refractivity contribution in [1.82, 2.24) is 4.57 Å². The molecule has 4 heteroatoms. The molecule has 0 aliphatic rings. The van der Waals surface area contributed by atoms with E-state index in [1.807, 2.05) is 0 Å². The Bertz CT molecular complexity index is 50.2. The normalized spacial score (nSPS) is 11.1. The van der Waals surface area contributed by atoms with Crippen LogP contribution < -0.4 is 0 Å². The topological polar surface area (TPSA) is 3.24 Å². The molecular formula is C3H9Br2NSi. The van der Waals surface area contributed by atoms with Crippen LogP contribution in [0.5, 0.6) is 0 Å². The van der Waals surface area contributed by atoms with Crippen molar-refractivity contribution in [2.24, 2.45) is 0 Å². The summed E-state index contributed by atoms with van der Waals surface area (Å²) in [5.41, 5.74) is 0. The molecule has 0 atom stereocenters. The number of nitrogens with zero attached hydrogens (tertiary/aromatic N) is 1. The average molecular weight is 247 g/mol. The quantitative estimate of drug-likeness (QED) is 0.527. The minimum absolute atomic E-state index is 0.806. The van der Waals surface area contributed by atoms with Crippen molar-refractivity contribution in [3.8, 4) is 0 Å². The second kappa shape index (κ2) is 4.06. The van der Waals surface area contributed by atoms with Gasteiger partial charge in [-0.1, -0.05) is 37.5 Å². The number of halogens is 2. The number of hydrogen-bond donors (Lipinski definition) is 0. The predicted molar refractivity (Wildman–Crippen MR) is 43.3 cm³/mol. The lowest BCUT2D eigenvalue weighted by molar-refractivity contribution is 0.576. The fourth-order valence-corrected chi connectivity index (χ4v) is 2.15. The van der Waals surface area contributed by atoms with Gasteiger partial charge < -0.3 is 4.57 Å². The summed E-state index contributed by atoms with van der Waals surface area (Å²) in [7, 11) is 2.10. The van der Waals surface area contributed by atoms with Crippen LogP contribution in [0.2, 0.25) is 0 Å². The first-order chi connectivity index (χ1) is 3.18. The Morgan fingerprint density at radius 1 is 1.57 bits per heavy atom. The maximum Gasteiger partial charge on any atom is 0.257 e. The van der Waals surface area contributed by atoms with E-state index in [1.165, 1.54) is 0 Å². The monoisotopic (exact) mass is 245 g/mol. The van der Waals surface area contributed by atoms with Crippen LogP contribution in [0.4, 0.5) is 0 Å². The zero-order chi connectivity index (χ0) is 5.86. The van der Waals surface area contributed by atoms with Gasteiger partial charge in [0.25, 0.3) is 6.20 Å². The molecule has 0 spiro atoms. The fourth-order valence-electron chi connectivity index (χ4n) is 0.138. The first kappa shape index (κ1) is 8.14. The molecule has 0 saturated heterocycles. The van der Waals surface area contributed by atoms with Gasteiger partial charge in [0.1, 0.15) is 0 Å². The summed E-state index contributed by atoms with van der Waals surface area (Å²) in [6.07, 6.45) is -0.806. The van der Waals surface area contributed by atoms with E-state index in [-0.39, 0.29) is 0 Å². The van der Waals surface area contributed by atoms with Gasteiger partial charge in [0.2, 0.25) is 0 Å². The van der Waals surface area contributed by atoms with Crippen LogP contribution in [0.1, 0.15) is 6.92 Å². The summed E-state index contributed by atoms with van der Waals surface area (Å²) in [6, 6.07) is 0. The van der Waals surface area contributed by atoms with Crippen molar-refractivity contribution < 1.29 is 0 Å². The fraction of sp³-hybridized carbons (Fsp3) is 1.00.